The van der Waals surface area contributed by atoms with Crippen LogP contribution in [0.5, 0.6) is 0 Å². The first kappa shape index (κ1) is 15.6. The van der Waals surface area contributed by atoms with Crippen molar-refractivity contribution in [2.75, 3.05) is 6.54 Å². The highest BCUT2D eigenvalue weighted by molar-refractivity contribution is 5.96. The number of hydrogen-bond acceptors (Lipinski definition) is 5. The van der Waals surface area contributed by atoms with Gasteiger partial charge in [0.25, 0.3) is 11.6 Å². The van der Waals surface area contributed by atoms with Gasteiger partial charge in [0.15, 0.2) is 5.60 Å². The average molecular weight is 282 g/mol. The van der Waals surface area contributed by atoms with E-state index in [1.165, 1.54) is 12.1 Å². The highest BCUT2D eigenvalue weighted by Crippen LogP contribution is 2.17. The van der Waals surface area contributed by atoms with Gasteiger partial charge in [-0.05, 0) is 19.4 Å². The quantitative estimate of drug-likeness (QED) is 0.531. The van der Waals surface area contributed by atoms with E-state index < -0.39 is 28.9 Å². The van der Waals surface area contributed by atoms with Gasteiger partial charge in [-0.3, -0.25) is 14.9 Å². The Morgan fingerprint density at radius 3 is 2.55 bits per heavy atom. The Hall–Kier alpha value is -2.48. The number of carboxylic acid groups (broad SMARTS) is 1. The molecule has 8 nitrogen and oxygen atoms in total. The number of carbonyl (C=O) groups excluding carboxylic acids is 1. The van der Waals surface area contributed by atoms with Crippen LogP contribution in [-0.4, -0.2) is 39.2 Å². The van der Waals surface area contributed by atoms with Crippen LogP contribution in [0.3, 0.4) is 0 Å². The molecule has 0 aliphatic carbocycles. The molecule has 1 atom stereocenters. The van der Waals surface area contributed by atoms with Gasteiger partial charge in [0.05, 0.1) is 11.5 Å². The standard InChI is InChI=1S/C12H14N2O6/c1-7-3-4-8(14(19)20)5-9(7)10(15)13-6-12(2,18)11(16)17/h3-5,18H,6H2,1-2H3,(H,13,15)(H,16,17). The molecule has 1 aromatic rings. The van der Waals surface area contributed by atoms with Crippen LogP contribution in [0.2, 0.25) is 0 Å². The van der Waals surface area contributed by atoms with Crippen molar-refractivity contribution >= 4 is 17.6 Å². The SMILES string of the molecule is Cc1ccc([N+](=O)[O-])cc1C(=O)NCC(C)(O)C(=O)O. The Labute approximate surface area is 114 Å². The summed E-state index contributed by atoms with van der Waals surface area (Å²) in [7, 11) is 0. The topological polar surface area (TPSA) is 130 Å². The van der Waals surface area contributed by atoms with Crippen molar-refractivity contribution < 1.29 is 24.7 Å². The van der Waals surface area contributed by atoms with Gasteiger partial charge in [0, 0.05) is 17.7 Å². The average Bonchev–Trinajstić information content (AvgIpc) is 2.36. The summed E-state index contributed by atoms with van der Waals surface area (Å²) in [4.78, 5) is 32.6. The van der Waals surface area contributed by atoms with Gasteiger partial charge in [-0.15, -0.1) is 0 Å². The van der Waals surface area contributed by atoms with E-state index in [1.807, 2.05) is 0 Å². The number of hydrogen-bond donors (Lipinski definition) is 3. The number of nitro groups is 1. The number of nitrogens with zero attached hydrogens (tertiary/aromatic N) is 1. The molecule has 1 amide bonds. The first-order valence-electron chi connectivity index (χ1n) is 5.64. The first-order valence-corrected chi connectivity index (χ1v) is 5.64. The summed E-state index contributed by atoms with van der Waals surface area (Å²) in [5.41, 5.74) is -1.79. The third-order valence-electron chi connectivity index (χ3n) is 2.73. The van der Waals surface area contributed by atoms with E-state index in [4.69, 9.17) is 5.11 Å². The van der Waals surface area contributed by atoms with Gasteiger partial charge < -0.3 is 15.5 Å². The predicted octanol–water partition coefficient (Wildman–Crippen LogP) is 0.469. The molecule has 0 aromatic heterocycles. The molecular formula is C12H14N2O6. The van der Waals surface area contributed by atoms with Gasteiger partial charge in [0.2, 0.25) is 0 Å². The summed E-state index contributed by atoms with van der Waals surface area (Å²) in [5, 5.41) is 31.1. The second-order valence-electron chi connectivity index (χ2n) is 4.52. The first-order chi connectivity index (χ1) is 9.15. The van der Waals surface area contributed by atoms with E-state index in [1.54, 1.807) is 6.92 Å². The number of aliphatic hydroxyl groups is 1. The number of amides is 1. The van der Waals surface area contributed by atoms with E-state index in [9.17, 15) is 24.8 Å². The minimum absolute atomic E-state index is 0.0559. The molecule has 0 saturated heterocycles. The maximum atomic E-state index is 11.9. The minimum atomic E-state index is -2.11. The van der Waals surface area contributed by atoms with E-state index in [-0.39, 0.29) is 11.3 Å². The van der Waals surface area contributed by atoms with Crippen LogP contribution < -0.4 is 5.32 Å². The Morgan fingerprint density at radius 2 is 2.05 bits per heavy atom. The number of carbonyl (C=O) groups is 2. The lowest BCUT2D eigenvalue weighted by Gasteiger charge is -2.18. The third-order valence-corrected chi connectivity index (χ3v) is 2.73. The molecule has 0 spiro atoms. The van der Waals surface area contributed by atoms with Gasteiger partial charge in [0.1, 0.15) is 0 Å². The highest BCUT2D eigenvalue weighted by Gasteiger charge is 2.30. The maximum Gasteiger partial charge on any atom is 0.337 e. The monoisotopic (exact) mass is 282 g/mol. The van der Waals surface area contributed by atoms with E-state index in [0.717, 1.165) is 13.0 Å². The summed E-state index contributed by atoms with van der Waals surface area (Å²) < 4.78 is 0. The number of aliphatic carboxylic acids is 1. The molecule has 108 valence electrons. The minimum Gasteiger partial charge on any atom is -0.479 e. The molecule has 0 aliphatic rings. The molecule has 1 aromatic carbocycles. The molecular weight excluding hydrogens is 268 g/mol. The smallest absolute Gasteiger partial charge is 0.337 e. The van der Waals surface area contributed by atoms with Crippen LogP contribution in [0.1, 0.15) is 22.8 Å². The molecule has 3 N–H and O–H groups in total. The zero-order chi connectivity index (χ0) is 15.5. The molecule has 0 aliphatic heterocycles. The summed E-state index contributed by atoms with van der Waals surface area (Å²) in [6, 6.07) is 3.78. The van der Waals surface area contributed by atoms with Gasteiger partial charge in [-0.25, -0.2) is 4.79 Å². The molecule has 8 heteroatoms. The Morgan fingerprint density at radius 1 is 1.45 bits per heavy atom. The third kappa shape index (κ3) is 3.51. The summed E-state index contributed by atoms with van der Waals surface area (Å²) in [6.07, 6.45) is 0. The Bertz CT molecular complexity index is 567. The molecule has 0 saturated carbocycles. The fraction of sp³-hybridized carbons (Fsp3) is 0.333. The second kappa shape index (κ2) is 5.66. The van der Waals surface area contributed by atoms with E-state index in [2.05, 4.69) is 5.32 Å². The lowest BCUT2D eigenvalue weighted by atomic mass is 10.1. The highest BCUT2D eigenvalue weighted by atomic mass is 16.6. The van der Waals surface area contributed by atoms with Crippen molar-refractivity contribution in [2.24, 2.45) is 0 Å². The van der Waals surface area contributed by atoms with Crippen molar-refractivity contribution in [1.82, 2.24) is 5.32 Å². The number of rotatable bonds is 5. The van der Waals surface area contributed by atoms with Crippen LogP contribution in [-0.2, 0) is 4.79 Å². The molecule has 0 fully saturated rings. The Kier molecular flexibility index (Phi) is 4.41. The van der Waals surface area contributed by atoms with E-state index in [0.29, 0.717) is 5.56 Å². The van der Waals surface area contributed by atoms with Crippen molar-refractivity contribution in [3.8, 4) is 0 Å². The zero-order valence-corrected chi connectivity index (χ0v) is 10.9. The van der Waals surface area contributed by atoms with Crippen molar-refractivity contribution in [2.45, 2.75) is 19.4 Å². The summed E-state index contributed by atoms with van der Waals surface area (Å²) >= 11 is 0. The van der Waals surface area contributed by atoms with Crippen LogP contribution in [0, 0.1) is 17.0 Å². The predicted molar refractivity (Wildman–Crippen MR) is 68.4 cm³/mol. The number of nitrogens with one attached hydrogen (secondary N) is 1. The van der Waals surface area contributed by atoms with Crippen molar-refractivity contribution in [1.29, 1.82) is 0 Å². The molecule has 0 heterocycles. The summed E-state index contributed by atoms with van der Waals surface area (Å²) in [5.74, 6) is -2.17. The molecule has 20 heavy (non-hydrogen) atoms. The number of non-ortho nitro benzene ring substituents is 1. The normalized spacial score (nSPS) is 13.3. The van der Waals surface area contributed by atoms with Gasteiger partial charge in [-0.2, -0.15) is 0 Å². The summed E-state index contributed by atoms with van der Waals surface area (Å²) in [6.45, 7) is 2.12. The van der Waals surface area contributed by atoms with Crippen LogP contribution >= 0.6 is 0 Å². The van der Waals surface area contributed by atoms with Crippen LogP contribution in [0.25, 0.3) is 0 Å². The lowest BCUT2D eigenvalue weighted by Crippen LogP contribution is -2.46. The van der Waals surface area contributed by atoms with E-state index >= 15 is 0 Å². The number of aryl methyl sites for hydroxylation is 1. The van der Waals surface area contributed by atoms with Crippen LogP contribution in [0.4, 0.5) is 5.69 Å². The molecule has 1 rings (SSSR count). The Balaban J connectivity index is 2.90. The maximum absolute atomic E-state index is 11.9. The van der Waals surface area contributed by atoms with Crippen molar-refractivity contribution in [3.05, 3.63) is 39.4 Å². The molecule has 1 unspecified atom stereocenters. The lowest BCUT2D eigenvalue weighted by molar-refractivity contribution is -0.384. The van der Waals surface area contributed by atoms with Gasteiger partial charge >= 0.3 is 5.97 Å². The van der Waals surface area contributed by atoms with Gasteiger partial charge in [-0.1, -0.05) is 6.07 Å². The largest absolute Gasteiger partial charge is 0.479 e. The second-order valence-corrected chi connectivity index (χ2v) is 4.52. The van der Waals surface area contributed by atoms with Crippen molar-refractivity contribution in [3.63, 3.8) is 0 Å². The zero-order valence-electron chi connectivity index (χ0n) is 10.9. The molecule has 0 radical (unpaired) electrons. The number of nitro benzene ring substituents is 1. The van der Waals surface area contributed by atoms with Crippen LogP contribution in [0.15, 0.2) is 18.2 Å². The molecule has 0 bridgehead atoms. The fourth-order valence-electron chi connectivity index (χ4n) is 1.39. The number of carboxylic acids is 1. The number of benzene rings is 1. The fourth-order valence-corrected chi connectivity index (χ4v) is 1.39.